The maximum Gasteiger partial charge on any atom is 0.310 e. The molecule has 0 unspecified atom stereocenters. The van der Waals surface area contributed by atoms with Crippen molar-refractivity contribution in [2.45, 2.75) is 38.8 Å². The van der Waals surface area contributed by atoms with E-state index >= 15 is 0 Å². The van der Waals surface area contributed by atoms with E-state index in [1.807, 2.05) is 24.3 Å². The SMILES string of the molecule is O=C(CC1(C(=O)O)CCC1)N1Cc2ccccc2C1. The molecule has 0 spiro atoms. The maximum absolute atomic E-state index is 12.3. The monoisotopic (exact) mass is 259 g/mol. The van der Waals surface area contributed by atoms with E-state index in [2.05, 4.69) is 0 Å². The fraction of sp³-hybridized carbons (Fsp3) is 0.467. The zero-order chi connectivity index (χ0) is 13.5. The van der Waals surface area contributed by atoms with Crippen molar-refractivity contribution in [2.75, 3.05) is 0 Å². The molecule has 4 nitrogen and oxygen atoms in total. The molecule has 1 heterocycles. The lowest BCUT2D eigenvalue weighted by Crippen LogP contribution is -2.42. The molecule has 0 aromatic heterocycles. The Hall–Kier alpha value is -1.84. The molecule has 1 aliphatic carbocycles. The van der Waals surface area contributed by atoms with Gasteiger partial charge in [0.1, 0.15) is 0 Å². The summed E-state index contributed by atoms with van der Waals surface area (Å²) < 4.78 is 0. The minimum Gasteiger partial charge on any atom is -0.481 e. The van der Waals surface area contributed by atoms with Crippen molar-refractivity contribution < 1.29 is 14.7 Å². The lowest BCUT2D eigenvalue weighted by Gasteiger charge is -2.37. The predicted octanol–water partition coefficient (Wildman–Crippen LogP) is 2.17. The van der Waals surface area contributed by atoms with E-state index in [1.54, 1.807) is 4.90 Å². The van der Waals surface area contributed by atoms with Gasteiger partial charge in [-0.05, 0) is 24.0 Å². The van der Waals surface area contributed by atoms with E-state index in [-0.39, 0.29) is 12.3 Å². The van der Waals surface area contributed by atoms with Gasteiger partial charge in [0.2, 0.25) is 5.91 Å². The minimum atomic E-state index is -0.816. The van der Waals surface area contributed by atoms with Crippen molar-refractivity contribution >= 4 is 11.9 Å². The summed E-state index contributed by atoms with van der Waals surface area (Å²) in [6.45, 7) is 1.23. The van der Waals surface area contributed by atoms with Gasteiger partial charge >= 0.3 is 5.97 Å². The van der Waals surface area contributed by atoms with Crippen LogP contribution in [0, 0.1) is 5.41 Å². The average Bonchev–Trinajstić information content (AvgIpc) is 2.76. The molecule has 100 valence electrons. The Bertz CT molecular complexity index is 509. The molecule has 1 fully saturated rings. The summed E-state index contributed by atoms with van der Waals surface area (Å²) in [6.07, 6.45) is 2.33. The molecule has 0 radical (unpaired) electrons. The van der Waals surface area contributed by atoms with Gasteiger partial charge in [-0.15, -0.1) is 0 Å². The van der Waals surface area contributed by atoms with Crippen LogP contribution in [0.1, 0.15) is 36.8 Å². The first-order chi connectivity index (χ1) is 9.11. The molecule has 4 heteroatoms. The summed E-state index contributed by atoms with van der Waals surface area (Å²) in [5, 5.41) is 9.28. The number of hydrogen-bond donors (Lipinski definition) is 1. The van der Waals surface area contributed by atoms with Gasteiger partial charge in [-0.1, -0.05) is 30.7 Å². The van der Waals surface area contributed by atoms with E-state index in [0.717, 1.165) is 6.42 Å². The van der Waals surface area contributed by atoms with Crippen molar-refractivity contribution in [3.8, 4) is 0 Å². The molecule has 0 bridgehead atoms. The van der Waals surface area contributed by atoms with E-state index in [4.69, 9.17) is 0 Å². The highest BCUT2D eigenvalue weighted by Crippen LogP contribution is 2.45. The highest BCUT2D eigenvalue weighted by molar-refractivity contribution is 5.86. The summed E-state index contributed by atoms with van der Waals surface area (Å²) in [5.74, 6) is -0.845. The van der Waals surface area contributed by atoms with Crippen molar-refractivity contribution in [3.63, 3.8) is 0 Å². The molecule has 0 saturated heterocycles. The fourth-order valence-electron chi connectivity index (χ4n) is 2.98. The first-order valence-corrected chi connectivity index (χ1v) is 6.69. The second kappa shape index (κ2) is 4.37. The van der Waals surface area contributed by atoms with E-state index < -0.39 is 11.4 Å². The number of hydrogen-bond acceptors (Lipinski definition) is 2. The van der Waals surface area contributed by atoms with E-state index in [1.165, 1.54) is 11.1 Å². The summed E-state index contributed by atoms with van der Waals surface area (Å²) in [6, 6.07) is 7.99. The van der Waals surface area contributed by atoms with Crippen molar-refractivity contribution in [2.24, 2.45) is 5.41 Å². The van der Waals surface area contributed by atoms with Crippen molar-refractivity contribution in [3.05, 3.63) is 35.4 Å². The van der Waals surface area contributed by atoms with Crippen LogP contribution in [-0.2, 0) is 22.7 Å². The van der Waals surface area contributed by atoms with Crippen LogP contribution in [0.15, 0.2) is 24.3 Å². The molecular weight excluding hydrogens is 242 g/mol. The third kappa shape index (κ3) is 2.01. The number of amides is 1. The Labute approximate surface area is 112 Å². The highest BCUT2D eigenvalue weighted by Gasteiger charge is 2.46. The Morgan fingerprint density at radius 3 is 2.16 bits per heavy atom. The third-order valence-corrected chi connectivity index (χ3v) is 4.45. The number of carbonyl (C=O) groups excluding carboxylic acids is 1. The molecule has 0 atom stereocenters. The Morgan fingerprint density at radius 1 is 1.16 bits per heavy atom. The van der Waals surface area contributed by atoms with Gasteiger partial charge in [0, 0.05) is 19.5 Å². The number of carboxylic acid groups (broad SMARTS) is 1. The van der Waals surface area contributed by atoms with Gasteiger partial charge in [0.05, 0.1) is 5.41 Å². The summed E-state index contributed by atoms with van der Waals surface area (Å²) >= 11 is 0. The van der Waals surface area contributed by atoms with E-state index in [9.17, 15) is 14.7 Å². The Morgan fingerprint density at radius 2 is 1.74 bits per heavy atom. The van der Waals surface area contributed by atoms with Gasteiger partial charge < -0.3 is 10.0 Å². The molecule has 1 N–H and O–H groups in total. The third-order valence-electron chi connectivity index (χ3n) is 4.45. The summed E-state index contributed by atoms with van der Waals surface area (Å²) in [5.41, 5.74) is 1.56. The van der Waals surface area contributed by atoms with Crippen LogP contribution in [-0.4, -0.2) is 21.9 Å². The molecule has 1 saturated carbocycles. The number of rotatable bonds is 3. The van der Waals surface area contributed by atoms with Crippen LogP contribution in [0.2, 0.25) is 0 Å². The fourth-order valence-corrected chi connectivity index (χ4v) is 2.98. The second-order valence-corrected chi connectivity index (χ2v) is 5.63. The molecule has 2 aliphatic rings. The number of nitrogens with zero attached hydrogens (tertiary/aromatic N) is 1. The average molecular weight is 259 g/mol. The molecule has 1 aromatic carbocycles. The highest BCUT2D eigenvalue weighted by atomic mass is 16.4. The minimum absolute atomic E-state index is 0.0294. The van der Waals surface area contributed by atoms with Gasteiger partial charge in [0.15, 0.2) is 0 Å². The van der Waals surface area contributed by atoms with Gasteiger partial charge in [-0.3, -0.25) is 9.59 Å². The van der Waals surface area contributed by atoms with E-state index in [0.29, 0.717) is 25.9 Å². The lowest BCUT2D eigenvalue weighted by atomic mass is 9.66. The number of aliphatic carboxylic acids is 1. The standard InChI is InChI=1S/C15H17NO3/c17-13(8-15(14(18)19)6-3-7-15)16-9-11-4-1-2-5-12(11)10-16/h1-2,4-5H,3,6-10H2,(H,18,19). The molecular formula is C15H17NO3. The number of carboxylic acids is 1. The first kappa shape index (κ1) is 12.2. The molecule has 1 aliphatic heterocycles. The molecule has 1 amide bonds. The quantitative estimate of drug-likeness (QED) is 0.905. The smallest absolute Gasteiger partial charge is 0.310 e. The van der Waals surface area contributed by atoms with Crippen LogP contribution in [0.5, 0.6) is 0 Å². The number of fused-ring (bicyclic) bond motifs is 1. The summed E-state index contributed by atoms with van der Waals surface area (Å²) in [4.78, 5) is 25.4. The van der Waals surface area contributed by atoms with Gasteiger partial charge in [0.25, 0.3) is 0 Å². The normalized spacial score (nSPS) is 19.7. The summed E-state index contributed by atoms with van der Waals surface area (Å²) in [7, 11) is 0. The zero-order valence-electron chi connectivity index (χ0n) is 10.8. The first-order valence-electron chi connectivity index (χ1n) is 6.69. The van der Waals surface area contributed by atoms with Crippen molar-refractivity contribution in [1.82, 2.24) is 4.90 Å². The van der Waals surface area contributed by atoms with Crippen LogP contribution in [0.25, 0.3) is 0 Å². The largest absolute Gasteiger partial charge is 0.481 e. The topological polar surface area (TPSA) is 57.6 Å². The van der Waals surface area contributed by atoms with Crippen LogP contribution >= 0.6 is 0 Å². The molecule has 1 aromatic rings. The maximum atomic E-state index is 12.3. The Balaban J connectivity index is 1.69. The number of benzene rings is 1. The van der Waals surface area contributed by atoms with Crippen molar-refractivity contribution in [1.29, 1.82) is 0 Å². The van der Waals surface area contributed by atoms with Crippen LogP contribution in [0.4, 0.5) is 0 Å². The van der Waals surface area contributed by atoms with Gasteiger partial charge in [-0.25, -0.2) is 0 Å². The zero-order valence-corrected chi connectivity index (χ0v) is 10.8. The van der Waals surface area contributed by atoms with Crippen LogP contribution < -0.4 is 0 Å². The predicted molar refractivity (Wildman–Crippen MR) is 69.2 cm³/mol. The second-order valence-electron chi connectivity index (χ2n) is 5.63. The lowest BCUT2D eigenvalue weighted by molar-refractivity contribution is -0.159. The van der Waals surface area contributed by atoms with Crippen LogP contribution in [0.3, 0.4) is 0 Å². The molecule has 19 heavy (non-hydrogen) atoms. The van der Waals surface area contributed by atoms with Gasteiger partial charge in [-0.2, -0.15) is 0 Å². The number of carbonyl (C=O) groups is 2. The molecule has 3 rings (SSSR count). The Kier molecular flexibility index (Phi) is 2.81.